The summed E-state index contributed by atoms with van der Waals surface area (Å²) in [6, 6.07) is 0.381. The zero-order valence-corrected chi connectivity index (χ0v) is 9.89. The minimum atomic E-state index is -0.121. The first-order chi connectivity index (χ1) is 7.75. The first-order valence-corrected chi connectivity index (χ1v) is 6.86. The van der Waals surface area contributed by atoms with Crippen molar-refractivity contribution in [3.05, 3.63) is 0 Å². The van der Waals surface area contributed by atoms with Gasteiger partial charge in [-0.25, -0.2) is 0 Å². The molecule has 16 heavy (non-hydrogen) atoms. The molecule has 0 bridgehead atoms. The van der Waals surface area contributed by atoms with Crippen LogP contribution in [0, 0.1) is 11.8 Å². The summed E-state index contributed by atoms with van der Waals surface area (Å²) < 4.78 is 0. The second kappa shape index (κ2) is 4.28. The van der Waals surface area contributed by atoms with Gasteiger partial charge in [0, 0.05) is 25.0 Å². The van der Waals surface area contributed by atoms with Crippen LogP contribution in [0.5, 0.6) is 0 Å². The molecular weight excluding hydrogens is 202 g/mol. The Balaban J connectivity index is 1.64. The van der Waals surface area contributed by atoms with E-state index in [0.29, 0.717) is 17.9 Å². The van der Waals surface area contributed by atoms with Crippen LogP contribution in [0.25, 0.3) is 0 Å². The van der Waals surface area contributed by atoms with Crippen LogP contribution in [0.3, 0.4) is 0 Å². The Morgan fingerprint density at radius 1 is 0.812 bits per heavy atom. The van der Waals surface area contributed by atoms with Gasteiger partial charge in [-0.3, -0.25) is 4.90 Å². The summed E-state index contributed by atoms with van der Waals surface area (Å²) in [5.41, 5.74) is 0. The third-order valence-corrected chi connectivity index (χ3v) is 5.01. The van der Waals surface area contributed by atoms with Crippen LogP contribution in [0.2, 0.25) is 0 Å². The predicted molar refractivity (Wildman–Crippen MR) is 62.1 cm³/mol. The molecule has 3 aliphatic rings. The second-order valence-electron chi connectivity index (χ2n) is 5.94. The first-order valence-electron chi connectivity index (χ1n) is 6.86. The van der Waals surface area contributed by atoms with Gasteiger partial charge in [-0.05, 0) is 31.6 Å². The van der Waals surface area contributed by atoms with Gasteiger partial charge in [0.05, 0.1) is 12.2 Å². The third kappa shape index (κ3) is 1.79. The van der Waals surface area contributed by atoms with Crippen LogP contribution in [0.1, 0.15) is 38.5 Å². The van der Waals surface area contributed by atoms with Crippen LogP contribution in [0.15, 0.2) is 0 Å². The first kappa shape index (κ1) is 11.0. The summed E-state index contributed by atoms with van der Waals surface area (Å²) in [4.78, 5) is 2.46. The lowest BCUT2D eigenvalue weighted by molar-refractivity contribution is 0.0228. The lowest BCUT2D eigenvalue weighted by Gasteiger charge is -2.35. The van der Waals surface area contributed by atoms with E-state index in [4.69, 9.17) is 0 Å². The Morgan fingerprint density at radius 3 is 2.38 bits per heavy atom. The predicted octanol–water partition coefficient (Wildman–Crippen LogP) is 0.993. The van der Waals surface area contributed by atoms with Crippen LogP contribution < -0.4 is 0 Å². The van der Waals surface area contributed by atoms with E-state index in [1.807, 2.05) is 0 Å². The number of hydrogen-bond acceptors (Lipinski definition) is 3. The fourth-order valence-electron chi connectivity index (χ4n) is 4.06. The summed E-state index contributed by atoms with van der Waals surface area (Å²) in [6.45, 7) is 2.14. The molecule has 5 atom stereocenters. The Bertz CT molecular complexity index is 258. The molecule has 1 heterocycles. The molecule has 2 aliphatic carbocycles. The van der Waals surface area contributed by atoms with Gasteiger partial charge in [-0.1, -0.05) is 12.8 Å². The molecule has 3 heteroatoms. The van der Waals surface area contributed by atoms with E-state index in [0.717, 1.165) is 32.4 Å². The van der Waals surface area contributed by atoms with Crippen molar-refractivity contribution in [2.24, 2.45) is 11.8 Å². The van der Waals surface area contributed by atoms with Crippen molar-refractivity contribution in [2.75, 3.05) is 13.1 Å². The van der Waals surface area contributed by atoms with Gasteiger partial charge in [0.2, 0.25) is 0 Å². The summed E-state index contributed by atoms with van der Waals surface area (Å²) in [7, 11) is 0. The van der Waals surface area contributed by atoms with E-state index < -0.39 is 0 Å². The lowest BCUT2D eigenvalue weighted by atomic mass is 9.91. The maximum absolute atomic E-state index is 10.1. The summed E-state index contributed by atoms with van der Waals surface area (Å²) in [5.74, 6) is 1.19. The van der Waals surface area contributed by atoms with Crippen LogP contribution in [-0.2, 0) is 0 Å². The average molecular weight is 225 g/mol. The van der Waals surface area contributed by atoms with Crippen molar-refractivity contribution in [3.8, 4) is 0 Å². The Labute approximate surface area is 97.4 Å². The van der Waals surface area contributed by atoms with Crippen molar-refractivity contribution < 1.29 is 10.2 Å². The minimum absolute atomic E-state index is 0.0734. The zero-order valence-electron chi connectivity index (χ0n) is 9.89. The van der Waals surface area contributed by atoms with E-state index in [1.54, 1.807) is 0 Å². The van der Waals surface area contributed by atoms with Gasteiger partial charge in [0.15, 0.2) is 0 Å². The Hall–Kier alpha value is -0.120. The van der Waals surface area contributed by atoms with Gasteiger partial charge in [-0.15, -0.1) is 0 Å². The highest BCUT2D eigenvalue weighted by Crippen LogP contribution is 2.40. The van der Waals surface area contributed by atoms with Crippen LogP contribution in [0.4, 0.5) is 0 Å². The van der Waals surface area contributed by atoms with Crippen molar-refractivity contribution in [1.82, 2.24) is 4.90 Å². The zero-order chi connectivity index (χ0) is 11.1. The molecule has 0 radical (unpaired) electrons. The SMILES string of the molecule is OC1CCC2CN(C3CCCCC3O)CC12. The molecule has 0 spiro atoms. The van der Waals surface area contributed by atoms with Crippen LogP contribution >= 0.6 is 0 Å². The van der Waals surface area contributed by atoms with Crippen molar-refractivity contribution in [1.29, 1.82) is 0 Å². The van der Waals surface area contributed by atoms with E-state index in [2.05, 4.69) is 4.90 Å². The maximum atomic E-state index is 10.1. The molecule has 0 aromatic heterocycles. The monoisotopic (exact) mass is 225 g/mol. The van der Waals surface area contributed by atoms with Crippen molar-refractivity contribution >= 4 is 0 Å². The molecule has 0 amide bonds. The van der Waals surface area contributed by atoms with Gasteiger partial charge in [0.1, 0.15) is 0 Å². The Kier molecular flexibility index (Phi) is 2.94. The normalized spacial score (nSPS) is 49.5. The van der Waals surface area contributed by atoms with E-state index in [-0.39, 0.29) is 12.2 Å². The molecule has 1 saturated heterocycles. The highest BCUT2D eigenvalue weighted by molar-refractivity contribution is 4.97. The summed E-state index contributed by atoms with van der Waals surface area (Å²) >= 11 is 0. The summed E-state index contributed by atoms with van der Waals surface area (Å²) in [6.07, 6.45) is 6.55. The van der Waals surface area contributed by atoms with Crippen molar-refractivity contribution in [3.63, 3.8) is 0 Å². The van der Waals surface area contributed by atoms with Gasteiger partial charge in [0.25, 0.3) is 0 Å². The Morgan fingerprint density at radius 2 is 1.62 bits per heavy atom. The molecular formula is C13H23NO2. The number of aliphatic hydroxyl groups excluding tert-OH is 2. The minimum Gasteiger partial charge on any atom is -0.393 e. The molecule has 0 aromatic carbocycles. The highest BCUT2D eigenvalue weighted by Gasteiger charge is 2.44. The van der Waals surface area contributed by atoms with E-state index in [1.165, 1.54) is 19.3 Å². The second-order valence-corrected chi connectivity index (χ2v) is 5.94. The molecule has 3 rings (SSSR count). The number of likely N-dealkylation sites (tertiary alicyclic amines) is 1. The molecule has 1 aliphatic heterocycles. The number of nitrogens with zero attached hydrogens (tertiary/aromatic N) is 1. The van der Waals surface area contributed by atoms with Gasteiger partial charge in [-0.2, -0.15) is 0 Å². The number of aliphatic hydroxyl groups is 2. The molecule has 2 N–H and O–H groups in total. The number of hydrogen-bond donors (Lipinski definition) is 2. The smallest absolute Gasteiger partial charge is 0.0695 e. The van der Waals surface area contributed by atoms with E-state index >= 15 is 0 Å². The molecule has 0 aromatic rings. The largest absolute Gasteiger partial charge is 0.393 e. The molecule has 3 fully saturated rings. The standard InChI is InChI=1S/C13H23NO2/c15-12-6-5-9-7-14(8-10(9)12)11-3-1-2-4-13(11)16/h9-13,15-16H,1-8H2. The third-order valence-electron chi connectivity index (χ3n) is 5.01. The average Bonchev–Trinajstić information content (AvgIpc) is 2.82. The van der Waals surface area contributed by atoms with Crippen molar-refractivity contribution in [2.45, 2.75) is 56.8 Å². The van der Waals surface area contributed by atoms with Gasteiger partial charge < -0.3 is 10.2 Å². The van der Waals surface area contributed by atoms with Gasteiger partial charge >= 0.3 is 0 Å². The maximum Gasteiger partial charge on any atom is 0.0695 e. The fraction of sp³-hybridized carbons (Fsp3) is 1.00. The fourth-order valence-corrected chi connectivity index (χ4v) is 4.06. The van der Waals surface area contributed by atoms with E-state index in [9.17, 15) is 10.2 Å². The number of fused-ring (bicyclic) bond motifs is 1. The summed E-state index contributed by atoms with van der Waals surface area (Å²) in [5, 5.41) is 19.9. The lowest BCUT2D eigenvalue weighted by Crippen LogP contribution is -2.45. The molecule has 2 saturated carbocycles. The number of rotatable bonds is 1. The molecule has 92 valence electrons. The topological polar surface area (TPSA) is 43.7 Å². The quantitative estimate of drug-likeness (QED) is 0.699. The molecule has 5 unspecified atom stereocenters. The molecule has 3 nitrogen and oxygen atoms in total. The van der Waals surface area contributed by atoms with Crippen LogP contribution in [-0.4, -0.2) is 46.5 Å². The highest BCUT2D eigenvalue weighted by atomic mass is 16.3.